The standard InChI is InChI=1S/C26H24O6/c1-30-22-15-9-17(16-23(22)31-2)8-10-18-6-4-5-7-21(18)25(28)24(27)19-11-13-20(14-12-19)26(29)32-3/h4-7,9,11-16H,8,10H2,1-3H3. The lowest BCUT2D eigenvalue weighted by Crippen LogP contribution is -2.17. The van der Waals surface area contributed by atoms with E-state index in [9.17, 15) is 14.4 Å². The fourth-order valence-corrected chi connectivity index (χ4v) is 3.40. The van der Waals surface area contributed by atoms with Gasteiger partial charge < -0.3 is 14.2 Å². The fourth-order valence-electron chi connectivity index (χ4n) is 3.40. The van der Waals surface area contributed by atoms with Gasteiger partial charge in [-0.25, -0.2) is 4.79 Å². The highest BCUT2D eigenvalue weighted by Crippen LogP contribution is 2.28. The monoisotopic (exact) mass is 432 g/mol. The number of aryl methyl sites for hydroxylation is 2. The Morgan fingerprint density at radius 2 is 1.34 bits per heavy atom. The van der Waals surface area contributed by atoms with Gasteiger partial charge in [-0.3, -0.25) is 9.59 Å². The molecular weight excluding hydrogens is 408 g/mol. The van der Waals surface area contributed by atoms with E-state index < -0.39 is 17.5 Å². The lowest BCUT2D eigenvalue weighted by Gasteiger charge is -2.11. The molecule has 3 aromatic rings. The molecule has 0 bridgehead atoms. The quantitative estimate of drug-likeness (QED) is 0.284. The summed E-state index contributed by atoms with van der Waals surface area (Å²) in [4.78, 5) is 37.3. The largest absolute Gasteiger partial charge is 0.493 e. The number of hydrogen-bond donors (Lipinski definition) is 0. The van der Waals surface area contributed by atoms with Crippen LogP contribution in [0.3, 0.4) is 0 Å². The SMILES string of the molecule is COC(=O)c1ccc(C(=O)C(=O)c2ccccc2CCc2ccc(OC)c(OC)c2)cc1. The maximum atomic E-state index is 13.0. The van der Waals surface area contributed by atoms with Crippen LogP contribution in [0.5, 0.6) is 11.5 Å². The van der Waals surface area contributed by atoms with Gasteiger partial charge in [0.05, 0.1) is 26.9 Å². The van der Waals surface area contributed by atoms with Gasteiger partial charge in [-0.1, -0.05) is 42.5 Å². The summed E-state index contributed by atoms with van der Waals surface area (Å²) < 4.78 is 15.3. The Bertz CT molecular complexity index is 1130. The molecule has 0 aliphatic heterocycles. The molecule has 0 saturated heterocycles. The minimum absolute atomic E-state index is 0.220. The van der Waals surface area contributed by atoms with Crippen LogP contribution in [0.4, 0.5) is 0 Å². The summed E-state index contributed by atoms with van der Waals surface area (Å²) in [5.74, 6) is -0.426. The van der Waals surface area contributed by atoms with Crippen molar-refractivity contribution in [2.24, 2.45) is 0 Å². The normalized spacial score (nSPS) is 10.3. The molecule has 0 amide bonds. The van der Waals surface area contributed by atoms with Crippen molar-refractivity contribution < 1.29 is 28.6 Å². The van der Waals surface area contributed by atoms with Crippen LogP contribution in [0, 0.1) is 0 Å². The average Bonchev–Trinajstić information content (AvgIpc) is 2.86. The van der Waals surface area contributed by atoms with Crippen molar-refractivity contribution in [3.63, 3.8) is 0 Å². The smallest absolute Gasteiger partial charge is 0.337 e. The molecule has 3 aromatic carbocycles. The first-order valence-corrected chi connectivity index (χ1v) is 10.0. The number of esters is 1. The highest BCUT2D eigenvalue weighted by Gasteiger charge is 2.21. The Morgan fingerprint density at radius 1 is 0.688 bits per heavy atom. The van der Waals surface area contributed by atoms with E-state index in [1.165, 1.54) is 31.4 Å². The molecule has 0 aliphatic carbocycles. The van der Waals surface area contributed by atoms with E-state index >= 15 is 0 Å². The molecule has 164 valence electrons. The lowest BCUT2D eigenvalue weighted by atomic mass is 9.93. The molecule has 0 radical (unpaired) electrons. The van der Waals surface area contributed by atoms with Gasteiger partial charge in [0.15, 0.2) is 11.5 Å². The van der Waals surface area contributed by atoms with Gasteiger partial charge in [0.25, 0.3) is 0 Å². The van der Waals surface area contributed by atoms with Crippen molar-refractivity contribution in [2.45, 2.75) is 12.8 Å². The van der Waals surface area contributed by atoms with Crippen molar-refractivity contribution in [1.82, 2.24) is 0 Å². The molecule has 3 rings (SSSR count). The minimum Gasteiger partial charge on any atom is -0.493 e. The first-order valence-electron chi connectivity index (χ1n) is 10.0. The van der Waals surface area contributed by atoms with Crippen LogP contribution in [-0.2, 0) is 17.6 Å². The molecule has 32 heavy (non-hydrogen) atoms. The summed E-state index contributed by atoms with van der Waals surface area (Å²) in [6, 6.07) is 18.6. The van der Waals surface area contributed by atoms with Gasteiger partial charge in [0, 0.05) is 11.1 Å². The second-order valence-corrected chi connectivity index (χ2v) is 7.07. The van der Waals surface area contributed by atoms with Gasteiger partial charge in [0.2, 0.25) is 11.6 Å². The van der Waals surface area contributed by atoms with E-state index in [-0.39, 0.29) is 5.56 Å². The number of benzene rings is 3. The van der Waals surface area contributed by atoms with Gasteiger partial charge in [-0.05, 0) is 48.2 Å². The van der Waals surface area contributed by atoms with Crippen LogP contribution in [0.25, 0.3) is 0 Å². The predicted octanol–water partition coefficient (Wildman–Crippen LogP) is 4.34. The molecule has 6 nitrogen and oxygen atoms in total. The number of ether oxygens (including phenoxy) is 3. The van der Waals surface area contributed by atoms with E-state index in [1.54, 1.807) is 26.4 Å². The molecular formula is C26H24O6. The molecule has 0 N–H and O–H groups in total. The molecule has 0 fully saturated rings. The number of methoxy groups -OCH3 is 3. The summed E-state index contributed by atoms with van der Waals surface area (Å²) in [5.41, 5.74) is 2.71. The summed E-state index contributed by atoms with van der Waals surface area (Å²) in [6.07, 6.45) is 1.23. The van der Waals surface area contributed by atoms with Gasteiger partial charge >= 0.3 is 5.97 Å². The number of rotatable bonds is 9. The topological polar surface area (TPSA) is 78.9 Å². The lowest BCUT2D eigenvalue weighted by molar-refractivity contribution is 0.0600. The van der Waals surface area contributed by atoms with E-state index in [0.717, 1.165) is 11.1 Å². The van der Waals surface area contributed by atoms with E-state index in [1.807, 2.05) is 30.3 Å². The molecule has 6 heteroatoms. The molecule has 0 heterocycles. The maximum Gasteiger partial charge on any atom is 0.337 e. The fraction of sp³-hybridized carbons (Fsp3) is 0.192. The average molecular weight is 432 g/mol. The summed E-state index contributed by atoms with van der Waals surface area (Å²) in [5, 5.41) is 0. The highest BCUT2D eigenvalue weighted by molar-refractivity contribution is 6.49. The Kier molecular flexibility index (Phi) is 7.39. The molecule has 0 aliphatic rings. The molecule has 0 aromatic heterocycles. The molecule has 0 saturated carbocycles. The third-order valence-corrected chi connectivity index (χ3v) is 5.17. The zero-order valence-electron chi connectivity index (χ0n) is 18.2. The highest BCUT2D eigenvalue weighted by atomic mass is 16.5. The Labute approximate surface area is 186 Å². The zero-order chi connectivity index (χ0) is 23.1. The third-order valence-electron chi connectivity index (χ3n) is 5.17. The van der Waals surface area contributed by atoms with Gasteiger partial charge in [0.1, 0.15) is 0 Å². The van der Waals surface area contributed by atoms with Gasteiger partial charge in [-0.2, -0.15) is 0 Å². The number of Topliss-reactive ketones (excluding diaryl/α,β-unsaturated/α-hetero) is 2. The predicted molar refractivity (Wildman–Crippen MR) is 120 cm³/mol. The second kappa shape index (κ2) is 10.4. The van der Waals surface area contributed by atoms with Crippen molar-refractivity contribution in [3.05, 3.63) is 94.5 Å². The molecule has 0 atom stereocenters. The Balaban J connectivity index is 1.77. The van der Waals surface area contributed by atoms with E-state index in [4.69, 9.17) is 9.47 Å². The van der Waals surface area contributed by atoms with Gasteiger partial charge in [-0.15, -0.1) is 0 Å². The van der Waals surface area contributed by atoms with Crippen LogP contribution in [0.2, 0.25) is 0 Å². The zero-order valence-corrected chi connectivity index (χ0v) is 18.2. The number of hydrogen-bond acceptors (Lipinski definition) is 6. The van der Waals surface area contributed by atoms with Crippen LogP contribution >= 0.6 is 0 Å². The van der Waals surface area contributed by atoms with Crippen LogP contribution in [0.15, 0.2) is 66.7 Å². The summed E-state index contributed by atoms with van der Waals surface area (Å²) >= 11 is 0. The van der Waals surface area contributed by atoms with Crippen LogP contribution < -0.4 is 9.47 Å². The van der Waals surface area contributed by atoms with Crippen molar-refractivity contribution in [1.29, 1.82) is 0 Å². The second-order valence-electron chi connectivity index (χ2n) is 7.07. The summed E-state index contributed by atoms with van der Waals surface area (Å²) in [7, 11) is 4.45. The Hall–Kier alpha value is -3.93. The van der Waals surface area contributed by atoms with Crippen LogP contribution in [0.1, 0.15) is 42.2 Å². The number of carbonyl (C=O) groups is 3. The Morgan fingerprint density at radius 3 is 2.00 bits per heavy atom. The first-order chi connectivity index (χ1) is 15.5. The van der Waals surface area contributed by atoms with Crippen molar-refractivity contribution in [2.75, 3.05) is 21.3 Å². The van der Waals surface area contributed by atoms with Crippen LogP contribution in [-0.4, -0.2) is 38.9 Å². The third kappa shape index (κ3) is 5.03. The minimum atomic E-state index is -0.625. The van der Waals surface area contributed by atoms with E-state index in [0.29, 0.717) is 35.5 Å². The molecule has 0 unspecified atom stereocenters. The first kappa shape index (κ1) is 22.7. The van der Waals surface area contributed by atoms with Crippen molar-refractivity contribution in [3.8, 4) is 11.5 Å². The maximum absolute atomic E-state index is 13.0. The molecule has 0 spiro atoms. The number of carbonyl (C=O) groups excluding carboxylic acids is 3. The summed E-state index contributed by atoms with van der Waals surface area (Å²) in [6.45, 7) is 0. The van der Waals surface area contributed by atoms with Crippen molar-refractivity contribution >= 4 is 17.5 Å². The number of ketones is 2. The van der Waals surface area contributed by atoms with E-state index in [2.05, 4.69) is 4.74 Å².